The molecule has 12 heavy (non-hydrogen) atoms. The van der Waals surface area contributed by atoms with Gasteiger partial charge in [0.25, 0.3) is 0 Å². The normalized spacial score (nSPS) is 15.3. The minimum Gasteiger partial charge on any atom is -0.469 e. The fourth-order valence-corrected chi connectivity index (χ4v) is 0.776. The summed E-state index contributed by atoms with van der Waals surface area (Å²) in [7, 11) is 2.69. The van der Waals surface area contributed by atoms with E-state index in [1.807, 2.05) is 0 Å². The summed E-state index contributed by atoms with van der Waals surface area (Å²) in [6.07, 6.45) is -1.39. The molecule has 0 aliphatic heterocycles. The zero-order chi connectivity index (χ0) is 9.56. The molecule has 0 saturated heterocycles. The average Bonchev–Trinajstić information content (AvgIpc) is 2.12. The van der Waals surface area contributed by atoms with Crippen molar-refractivity contribution < 1.29 is 19.4 Å². The van der Waals surface area contributed by atoms with Gasteiger partial charge in [-0.1, -0.05) is 0 Å². The number of esters is 1. The summed E-state index contributed by atoms with van der Waals surface area (Å²) in [6, 6.07) is 0. The highest BCUT2D eigenvalue weighted by atomic mass is 16.5. The maximum absolute atomic E-state index is 10.7. The SMILES string of the molecule is COC(=O)C[C@H](OC)[C@H](O)CN. The number of methoxy groups -OCH3 is 2. The second kappa shape index (κ2) is 5.93. The fourth-order valence-electron chi connectivity index (χ4n) is 0.776. The Morgan fingerprint density at radius 1 is 1.58 bits per heavy atom. The number of aliphatic hydroxyl groups is 1. The molecule has 0 aromatic rings. The molecule has 0 aliphatic carbocycles. The van der Waals surface area contributed by atoms with Gasteiger partial charge in [0.2, 0.25) is 0 Å². The molecule has 0 aromatic carbocycles. The molecule has 0 heterocycles. The van der Waals surface area contributed by atoms with Crippen molar-refractivity contribution in [1.29, 1.82) is 0 Å². The highest BCUT2D eigenvalue weighted by Gasteiger charge is 2.20. The maximum atomic E-state index is 10.7. The van der Waals surface area contributed by atoms with Crippen LogP contribution in [0.15, 0.2) is 0 Å². The minimum absolute atomic E-state index is 0.0192. The van der Waals surface area contributed by atoms with Crippen molar-refractivity contribution in [3.8, 4) is 0 Å². The van der Waals surface area contributed by atoms with E-state index in [1.54, 1.807) is 0 Å². The summed E-state index contributed by atoms with van der Waals surface area (Å²) in [6.45, 7) is 0.0650. The van der Waals surface area contributed by atoms with E-state index >= 15 is 0 Å². The first-order valence-electron chi connectivity index (χ1n) is 3.63. The van der Waals surface area contributed by atoms with Crippen LogP contribution in [0.4, 0.5) is 0 Å². The molecule has 2 atom stereocenters. The zero-order valence-corrected chi connectivity index (χ0v) is 7.32. The van der Waals surface area contributed by atoms with E-state index in [0.717, 1.165) is 0 Å². The molecular formula is C7H15NO4. The third-order valence-electron chi connectivity index (χ3n) is 1.57. The molecule has 0 aromatic heterocycles. The van der Waals surface area contributed by atoms with Gasteiger partial charge in [0.05, 0.1) is 25.7 Å². The summed E-state index contributed by atoms with van der Waals surface area (Å²) < 4.78 is 9.25. The molecular weight excluding hydrogens is 162 g/mol. The van der Waals surface area contributed by atoms with Crippen molar-refractivity contribution in [1.82, 2.24) is 0 Å². The van der Waals surface area contributed by atoms with Gasteiger partial charge in [0.1, 0.15) is 0 Å². The van der Waals surface area contributed by atoms with Crippen LogP contribution in [0.2, 0.25) is 0 Å². The van der Waals surface area contributed by atoms with Gasteiger partial charge in [-0.2, -0.15) is 0 Å². The Bertz CT molecular complexity index is 139. The Morgan fingerprint density at radius 3 is 2.50 bits per heavy atom. The van der Waals surface area contributed by atoms with Crippen LogP contribution in [-0.4, -0.2) is 44.0 Å². The lowest BCUT2D eigenvalue weighted by Gasteiger charge is -2.18. The molecule has 5 nitrogen and oxygen atoms in total. The third kappa shape index (κ3) is 3.66. The van der Waals surface area contributed by atoms with Crippen LogP contribution in [-0.2, 0) is 14.3 Å². The first-order chi connectivity index (χ1) is 5.65. The second-order valence-electron chi connectivity index (χ2n) is 2.36. The van der Waals surface area contributed by atoms with Crippen molar-refractivity contribution in [2.75, 3.05) is 20.8 Å². The number of hydrogen-bond acceptors (Lipinski definition) is 5. The lowest BCUT2D eigenvalue weighted by atomic mass is 10.1. The van der Waals surface area contributed by atoms with Gasteiger partial charge in [0, 0.05) is 13.7 Å². The summed E-state index contributed by atoms with van der Waals surface area (Å²) >= 11 is 0. The van der Waals surface area contributed by atoms with Gasteiger partial charge in [-0.15, -0.1) is 0 Å². The van der Waals surface area contributed by atoms with E-state index in [-0.39, 0.29) is 13.0 Å². The summed E-state index contributed by atoms with van der Waals surface area (Å²) in [5.74, 6) is -0.422. The maximum Gasteiger partial charge on any atom is 0.308 e. The Hall–Kier alpha value is -0.650. The first-order valence-corrected chi connectivity index (χ1v) is 3.63. The molecule has 0 rings (SSSR count). The first kappa shape index (κ1) is 11.4. The van der Waals surface area contributed by atoms with Gasteiger partial charge in [-0.25, -0.2) is 0 Å². The molecule has 0 bridgehead atoms. The predicted octanol–water partition coefficient (Wildman–Crippen LogP) is -1.12. The van der Waals surface area contributed by atoms with Crippen molar-refractivity contribution in [2.24, 2.45) is 5.73 Å². The third-order valence-corrected chi connectivity index (χ3v) is 1.57. The highest BCUT2D eigenvalue weighted by molar-refractivity contribution is 5.69. The van der Waals surface area contributed by atoms with Crippen LogP contribution in [0.1, 0.15) is 6.42 Å². The number of ether oxygens (including phenoxy) is 2. The standard InChI is InChI=1S/C7H15NO4/c1-11-6(5(9)4-8)3-7(10)12-2/h5-6,9H,3-4,8H2,1-2H3/t5-,6+/m1/s1. The molecule has 0 radical (unpaired) electrons. The number of aliphatic hydroxyl groups excluding tert-OH is 1. The molecule has 0 aliphatic rings. The number of rotatable bonds is 5. The summed E-state index contributed by atoms with van der Waals surface area (Å²) in [4.78, 5) is 10.7. The van der Waals surface area contributed by atoms with Gasteiger partial charge in [-0.3, -0.25) is 4.79 Å². The van der Waals surface area contributed by atoms with Gasteiger partial charge in [-0.05, 0) is 0 Å². The van der Waals surface area contributed by atoms with Gasteiger partial charge < -0.3 is 20.3 Å². The van der Waals surface area contributed by atoms with E-state index in [4.69, 9.17) is 10.5 Å². The van der Waals surface area contributed by atoms with E-state index in [9.17, 15) is 9.90 Å². The predicted molar refractivity (Wildman–Crippen MR) is 42.5 cm³/mol. The van der Waals surface area contributed by atoms with Crippen molar-refractivity contribution >= 4 is 5.97 Å². The molecule has 0 amide bonds. The summed E-state index contributed by atoms with van der Waals surface area (Å²) in [5, 5.41) is 9.20. The Labute approximate surface area is 71.5 Å². The van der Waals surface area contributed by atoms with Gasteiger partial charge >= 0.3 is 5.97 Å². The second-order valence-corrected chi connectivity index (χ2v) is 2.36. The average molecular weight is 177 g/mol. The lowest BCUT2D eigenvalue weighted by Crippen LogP contribution is -2.36. The number of carbonyl (C=O) groups is 1. The molecule has 5 heteroatoms. The minimum atomic E-state index is -0.825. The molecule has 0 saturated carbocycles. The number of carbonyl (C=O) groups excluding carboxylic acids is 1. The molecule has 0 unspecified atom stereocenters. The van der Waals surface area contributed by atoms with Crippen LogP contribution in [0.5, 0.6) is 0 Å². The van der Waals surface area contributed by atoms with E-state index in [1.165, 1.54) is 14.2 Å². The Morgan fingerprint density at radius 2 is 2.17 bits per heavy atom. The molecule has 0 fully saturated rings. The van der Waals surface area contributed by atoms with Crippen LogP contribution in [0.3, 0.4) is 0 Å². The lowest BCUT2D eigenvalue weighted by molar-refractivity contribution is -0.145. The van der Waals surface area contributed by atoms with E-state index in [2.05, 4.69) is 4.74 Å². The Kier molecular flexibility index (Phi) is 5.61. The monoisotopic (exact) mass is 177 g/mol. The molecule has 0 spiro atoms. The fraction of sp³-hybridized carbons (Fsp3) is 0.857. The van der Waals surface area contributed by atoms with Crippen molar-refractivity contribution in [2.45, 2.75) is 18.6 Å². The van der Waals surface area contributed by atoms with Crippen LogP contribution in [0.25, 0.3) is 0 Å². The largest absolute Gasteiger partial charge is 0.469 e. The van der Waals surface area contributed by atoms with Crippen molar-refractivity contribution in [3.05, 3.63) is 0 Å². The summed E-state index contributed by atoms with van der Waals surface area (Å²) in [5.41, 5.74) is 5.18. The van der Waals surface area contributed by atoms with Gasteiger partial charge in [0.15, 0.2) is 0 Å². The topological polar surface area (TPSA) is 81.8 Å². The molecule has 3 N–H and O–H groups in total. The highest BCUT2D eigenvalue weighted by Crippen LogP contribution is 2.03. The quantitative estimate of drug-likeness (QED) is 0.520. The zero-order valence-electron chi connectivity index (χ0n) is 7.32. The van der Waals surface area contributed by atoms with Crippen LogP contribution in [0, 0.1) is 0 Å². The Balaban J connectivity index is 3.90. The van der Waals surface area contributed by atoms with Crippen LogP contribution < -0.4 is 5.73 Å². The van der Waals surface area contributed by atoms with E-state index in [0.29, 0.717) is 0 Å². The van der Waals surface area contributed by atoms with Crippen molar-refractivity contribution in [3.63, 3.8) is 0 Å². The smallest absolute Gasteiger partial charge is 0.308 e. The molecule has 72 valence electrons. The number of nitrogens with two attached hydrogens (primary N) is 1. The van der Waals surface area contributed by atoms with E-state index < -0.39 is 18.2 Å². The van der Waals surface area contributed by atoms with Crippen LogP contribution >= 0.6 is 0 Å². The number of hydrogen-bond donors (Lipinski definition) is 2.